The fourth-order valence-corrected chi connectivity index (χ4v) is 9.89. The van der Waals surface area contributed by atoms with Gasteiger partial charge in [-0.3, -0.25) is 0 Å². The van der Waals surface area contributed by atoms with Crippen LogP contribution in [0.25, 0.3) is 122 Å². The number of hydrogen-bond donors (Lipinski definition) is 0. The SMILES string of the molecule is c1ccc(-c2ccc(-c3nc4cccc(-n5c6ccccc6c6cc7c8ccc9ccccc9c8n(-c8ccccc8)c7cc65)c4nc3-c3ccc(-c4ccccc4)cc3)cc2)cc1. The number of para-hydroxylation sites is 3. The molecule has 10 aromatic carbocycles. The largest absolute Gasteiger partial charge is 0.309 e. The van der Waals surface area contributed by atoms with Crippen LogP contribution in [0.1, 0.15) is 0 Å². The minimum atomic E-state index is 0.834. The van der Waals surface area contributed by atoms with Crippen molar-refractivity contribution in [2.45, 2.75) is 0 Å². The zero-order valence-corrected chi connectivity index (χ0v) is 34.7. The van der Waals surface area contributed by atoms with E-state index in [1.807, 2.05) is 0 Å². The van der Waals surface area contributed by atoms with E-state index in [0.717, 1.165) is 72.6 Å². The quantitative estimate of drug-likeness (QED) is 0.168. The monoisotopic (exact) mass is 814 g/mol. The van der Waals surface area contributed by atoms with Crippen molar-refractivity contribution in [1.82, 2.24) is 19.1 Å². The summed E-state index contributed by atoms with van der Waals surface area (Å²) < 4.78 is 4.85. The van der Waals surface area contributed by atoms with Gasteiger partial charge in [0.05, 0.1) is 44.7 Å². The van der Waals surface area contributed by atoms with Gasteiger partial charge >= 0.3 is 0 Å². The van der Waals surface area contributed by atoms with Crippen LogP contribution in [-0.4, -0.2) is 19.1 Å². The summed E-state index contributed by atoms with van der Waals surface area (Å²) in [7, 11) is 0. The molecule has 0 saturated carbocycles. The second-order valence-electron chi connectivity index (χ2n) is 16.5. The minimum absolute atomic E-state index is 0.834. The molecule has 3 aromatic heterocycles. The van der Waals surface area contributed by atoms with Crippen LogP contribution in [0.2, 0.25) is 0 Å². The summed E-state index contributed by atoms with van der Waals surface area (Å²) in [4.78, 5) is 11.2. The third-order valence-corrected chi connectivity index (χ3v) is 12.9. The molecule has 0 aliphatic carbocycles. The molecule has 13 aromatic rings. The van der Waals surface area contributed by atoms with Crippen LogP contribution >= 0.6 is 0 Å². The van der Waals surface area contributed by atoms with Crippen LogP contribution in [0.5, 0.6) is 0 Å². The Labute approximate surface area is 369 Å². The van der Waals surface area contributed by atoms with E-state index in [2.05, 4.69) is 240 Å². The molecule has 0 unspecified atom stereocenters. The van der Waals surface area contributed by atoms with E-state index in [4.69, 9.17) is 9.97 Å². The maximum Gasteiger partial charge on any atom is 0.113 e. The van der Waals surface area contributed by atoms with Crippen LogP contribution in [0.15, 0.2) is 231 Å². The van der Waals surface area contributed by atoms with E-state index in [0.29, 0.717) is 0 Å². The molecule has 0 aliphatic heterocycles. The molecule has 4 heteroatoms. The van der Waals surface area contributed by atoms with Crippen molar-refractivity contribution in [2.75, 3.05) is 0 Å². The average molecular weight is 815 g/mol. The van der Waals surface area contributed by atoms with Gasteiger partial charge in [-0.1, -0.05) is 188 Å². The van der Waals surface area contributed by atoms with Crippen LogP contribution in [0.3, 0.4) is 0 Å². The van der Waals surface area contributed by atoms with Crippen LogP contribution in [0.4, 0.5) is 0 Å². The van der Waals surface area contributed by atoms with E-state index in [9.17, 15) is 0 Å². The number of fused-ring (bicyclic) bond motifs is 9. The summed E-state index contributed by atoms with van der Waals surface area (Å²) in [6.07, 6.45) is 0. The molecule has 0 aliphatic rings. The summed E-state index contributed by atoms with van der Waals surface area (Å²) in [6.45, 7) is 0. The molecule has 0 amide bonds. The number of rotatable bonds is 6. The molecule has 64 heavy (non-hydrogen) atoms. The van der Waals surface area contributed by atoms with Gasteiger partial charge in [-0.25, -0.2) is 9.97 Å². The molecule has 13 rings (SSSR count). The highest BCUT2D eigenvalue weighted by Gasteiger charge is 2.22. The second kappa shape index (κ2) is 14.5. The van der Waals surface area contributed by atoms with Crippen LogP contribution in [0, 0.1) is 0 Å². The fraction of sp³-hybridized carbons (Fsp3) is 0. The highest BCUT2D eigenvalue weighted by molar-refractivity contribution is 6.23. The highest BCUT2D eigenvalue weighted by atomic mass is 15.0. The van der Waals surface area contributed by atoms with Gasteiger partial charge in [-0.15, -0.1) is 0 Å². The molecule has 0 N–H and O–H groups in total. The summed E-state index contributed by atoms with van der Waals surface area (Å²) in [5.41, 5.74) is 16.8. The van der Waals surface area contributed by atoms with Gasteiger partial charge in [0.25, 0.3) is 0 Å². The number of nitrogens with zero attached hydrogens (tertiary/aromatic N) is 4. The van der Waals surface area contributed by atoms with Crippen molar-refractivity contribution >= 4 is 65.4 Å². The van der Waals surface area contributed by atoms with E-state index in [-0.39, 0.29) is 0 Å². The molecule has 4 nitrogen and oxygen atoms in total. The van der Waals surface area contributed by atoms with Crippen molar-refractivity contribution in [2.24, 2.45) is 0 Å². The van der Waals surface area contributed by atoms with E-state index < -0.39 is 0 Å². The number of benzene rings is 10. The normalized spacial score (nSPS) is 11.8. The summed E-state index contributed by atoms with van der Waals surface area (Å²) in [6, 6.07) is 82.5. The van der Waals surface area contributed by atoms with Gasteiger partial charge in [0.1, 0.15) is 5.52 Å². The van der Waals surface area contributed by atoms with Crippen molar-refractivity contribution in [3.8, 4) is 56.1 Å². The molecule has 298 valence electrons. The number of aromatic nitrogens is 4. The molecular formula is C60H38N4. The Morgan fingerprint density at radius 1 is 0.297 bits per heavy atom. The van der Waals surface area contributed by atoms with Crippen LogP contribution < -0.4 is 0 Å². The van der Waals surface area contributed by atoms with Gasteiger partial charge < -0.3 is 9.13 Å². The molecule has 0 atom stereocenters. The lowest BCUT2D eigenvalue weighted by Crippen LogP contribution is -2.01. The Bertz CT molecular complexity index is 3910. The van der Waals surface area contributed by atoms with Gasteiger partial charge in [0.15, 0.2) is 0 Å². The first-order valence-corrected chi connectivity index (χ1v) is 21.8. The Hall–Kier alpha value is -8.60. The molecular weight excluding hydrogens is 777 g/mol. The van der Waals surface area contributed by atoms with Crippen molar-refractivity contribution in [3.05, 3.63) is 231 Å². The third-order valence-electron chi connectivity index (χ3n) is 12.9. The molecule has 0 bridgehead atoms. The summed E-state index contributed by atoms with van der Waals surface area (Å²) in [5, 5.41) is 7.30. The van der Waals surface area contributed by atoms with Crippen LogP contribution in [-0.2, 0) is 0 Å². The predicted octanol–water partition coefficient (Wildman–Crippen LogP) is 15.6. The summed E-state index contributed by atoms with van der Waals surface area (Å²) in [5.74, 6) is 0. The lowest BCUT2D eigenvalue weighted by atomic mass is 9.98. The number of hydrogen-bond acceptors (Lipinski definition) is 2. The highest BCUT2D eigenvalue weighted by Crippen LogP contribution is 2.43. The van der Waals surface area contributed by atoms with E-state index in [1.165, 1.54) is 49.0 Å². The van der Waals surface area contributed by atoms with E-state index in [1.54, 1.807) is 0 Å². The lowest BCUT2D eigenvalue weighted by Gasteiger charge is -2.15. The van der Waals surface area contributed by atoms with Crippen molar-refractivity contribution in [1.29, 1.82) is 0 Å². The molecule has 0 fully saturated rings. The molecule has 0 radical (unpaired) electrons. The first kappa shape index (κ1) is 36.1. The first-order valence-electron chi connectivity index (χ1n) is 21.8. The zero-order chi connectivity index (χ0) is 42.1. The van der Waals surface area contributed by atoms with Gasteiger partial charge in [-0.2, -0.15) is 0 Å². The Morgan fingerprint density at radius 3 is 1.52 bits per heavy atom. The Morgan fingerprint density at radius 2 is 0.828 bits per heavy atom. The predicted molar refractivity (Wildman–Crippen MR) is 267 cm³/mol. The fourth-order valence-electron chi connectivity index (χ4n) is 9.89. The van der Waals surface area contributed by atoms with Gasteiger partial charge in [-0.05, 0) is 70.1 Å². The van der Waals surface area contributed by atoms with Crippen molar-refractivity contribution in [3.63, 3.8) is 0 Å². The van der Waals surface area contributed by atoms with E-state index >= 15 is 0 Å². The maximum atomic E-state index is 5.68. The molecule has 3 heterocycles. The first-order chi connectivity index (χ1) is 31.7. The van der Waals surface area contributed by atoms with Crippen molar-refractivity contribution < 1.29 is 0 Å². The Balaban J connectivity index is 1.08. The van der Waals surface area contributed by atoms with Gasteiger partial charge in [0.2, 0.25) is 0 Å². The molecule has 0 saturated heterocycles. The average Bonchev–Trinajstić information content (AvgIpc) is 3.88. The minimum Gasteiger partial charge on any atom is -0.309 e. The zero-order valence-electron chi connectivity index (χ0n) is 34.7. The lowest BCUT2D eigenvalue weighted by molar-refractivity contribution is 1.16. The maximum absolute atomic E-state index is 5.68. The Kier molecular flexibility index (Phi) is 8.18. The van der Waals surface area contributed by atoms with Gasteiger partial charge in [0, 0.05) is 43.7 Å². The smallest absolute Gasteiger partial charge is 0.113 e. The molecule has 0 spiro atoms. The third kappa shape index (κ3) is 5.70. The standard InChI is InChI=1S/C60H38N4/c1-4-15-39(16-5-1)41-27-31-44(32-28-41)57-58(45-33-29-42(30-34-45)40-17-6-2-7-18-40)62-59-52(61-57)24-14-26-54(59)64-53-25-13-12-23-48(53)50-37-51-49-36-35-43-19-10-11-22-47(43)60(49)63(55(51)38-56(50)64)46-20-8-3-9-21-46/h1-38H. The topological polar surface area (TPSA) is 35.6 Å². The summed E-state index contributed by atoms with van der Waals surface area (Å²) >= 11 is 0. The second-order valence-corrected chi connectivity index (χ2v) is 16.5.